The predicted molar refractivity (Wildman–Crippen MR) is 79.1 cm³/mol. The molecule has 0 aliphatic rings. The Balaban J connectivity index is 0.000000200. The molecule has 0 amide bonds. The average Bonchev–Trinajstić information content (AvgIpc) is 2.84. The Kier molecular flexibility index (Phi) is 5.82. The van der Waals surface area contributed by atoms with E-state index in [9.17, 15) is 0 Å². The van der Waals surface area contributed by atoms with Crippen LogP contribution in [0.2, 0.25) is 5.02 Å². The van der Waals surface area contributed by atoms with Gasteiger partial charge in [0, 0.05) is 29.1 Å². The first-order valence-electron chi connectivity index (χ1n) is 5.69. The third-order valence-corrected chi connectivity index (χ3v) is 2.47. The highest BCUT2D eigenvalue weighted by atomic mass is 35.5. The molecule has 2 aromatic rings. The normalized spacial score (nSPS) is 9.55. The molecule has 7 N–H and O–H groups in total. The topological polar surface area (TPSA) is 141 Å². The molecule has 0 aliphatic carbocycles. The smallest absolute Gasteiger partial charge is 0.209 e. The van der Waals surface area contributed by atoms with Gasteiger partial charge in [-0.1, -0.05) is 11.6 Å². The van der Waals surface area contributed by atoms with E-state index >= 15 is 0 Å². The number of nitrogens with one attached hydrogen (secondary N) is 3. The van der Waals surface area contributed by atoms with Crippen molar-refractivity contribution in [3.8, 4) is 0 Å². The maximum atomic E-state index is 7.04. The summed E-state index contributed by atoms with van der Waals surface area (Å²) in [5.41, 5.74) is 19.9. The SMILES string of the molecule is Cc1cnc(C(=N)N=N)[nH]1.NCc1cc(N)cc(Cl)c1. The molecule has 2 rings (SSSR count). The van der Waals surface area contributed by atoms with Crippen LogP contribution in [0.1, 0.15) is 17.1 Å². The van der Waals surface area contributed by atoms with Gasteiger partial charge in [0.05, 0.1) is 0 Å². The Hall–Kier alpha value is -2.25. The number of imidazole rings is 1. The van der Waals surface area contributed by atoms with Gasteiger partial charge in [-0.05, 0) is 30.7 Å². The summed E-state index contributed by atoms with van der Waals surface area (Å²) in [5, 5.41) is 10.6. The number of H-pyrrole nitrogens is 1. The van der Waals surface area contributed by atoms with Crippen LogP contribution in [0.3, 0.4) is 0 Å². The maximum Gasteiger partial charge on any atom is 0.209 e. The zero-order chi connectivity index (χ0) is 15.1. The second-order valence-corrected chi connectivity index (χ2v) is 4.41. The van der Waals surface area contributed by atoms with Crippen LogP contribution in [-0.2, 0) is 6.54 Å². The lowest BCUT2D eigenvalue weighted by atomic mass is 10.2. The lowest BCUT2D eigenvalue weighted by Gasteiger charge is -1.98. The number of amidine groups is 1. The minimum absolute atomic E-state index is 0.145. The minimum Gasteiger partial charge on any atom is -0.399 e. The number of nitrogens with two attached hydrogens (primary N) is 2. The molecule has 1 heterocycles. The van der Waals surface area contributed by atoms with Crippen LogP contribution in [0.15, 0.2) is 29.5 Å². The summed E-state index contributed by atoms with van der Waals surface area (Å²) in [4.78, 5) is 6.57. The Bertz CT molecular complexity index is 585. The van der Waals surface area contributed by atoms with Crippen LogP contribution in [0.4, 0.5) is 5.69 Å². The third-order valence-electron chi connectivity index (χ3n) is 2.25. The Morgan fingerprint density at radius 2 is 2.15 bits per heavy atom. The first-order valence-corrected chi connectivity index (χ1v) is 6.07. The second kappa shape index (κ2) is 7.37. The molecule has 0 aliphatic heterocycles. The molecular formula is C12H16ClN7. The number of aromatic amines is 1. The number of aromatic nitrogens is 2. The highest BCUT2D eigenvalue weighted by Gasteiger charge is 2.01. The van der Waals surface area contributed by atoms with Crippen LogP contribution in [0.25, 0.3) is 0 Å². The number of benzene rings is 1. The van der Waals surface area contributed by atoms with Crippen LogP contribution in [0.5, 0.6) is 0 Å². The first-order chi connectivity index (χ1) is 9.46. The molecule has 0 atom stereocenters. The highest BCUT2D eigenvalue weighted by molar-refractivity contribution is 6.30. The zero-order valence-corrected chi connectivity index (χ0v) is 11.7. The molecule has 0 radical (unpaired) electrons. The molecule has 0 fully saturated rings. The largest absolute Gasteiger partial charge is 0.399 e. The molecule has 0 saturated heterocycles. The van der Waals surface area contributed by atoms with E-state index in [1.165, 1.54) is 0 Å². The van der Waals surface area contributed by atoms with Crippen molar-refractivity contribution in [3.63, 3.8) is 0 Å². The van der Waals surface area contributed by atoms with E-state index in [1.807, 2.05) is 13.0 Å². The van der Waals surface area contributed by atoms with E-state index < -0.39 is 0 Å². The standard InChI is InChI=1S/C7H9ClN2.C5H7N5/c8-6-1-5(4-9)2-7(10)3-6;1-3-2-8-5(9-3)4(6)10-7/h1-3H,4,9-10H2;2,6-7H,1H3,(H,8,9). The van der Waals surface area contributed by atoms with Gasteiger partial charge in [0.2, 0.25) is 5.84 Å². The fourth-order valence-electron chi connectivity index (χ4n) is 1.38. The molecular weight excluding hydrogens is 278 g/mol. The van der Waals surface area contributed by atoms with Gasteiger partial charge in [-0.15, -0.1) is 5.11 Å². The van der Waals surface area contributed by atoms with Crippen LogP contribution in [-0.4, -0.2) is 15.8 Å². The van der Waals surface area contributed by atoms with E-state index in [0.717, 1.165) is 11.3 Å². The van der Waals surface area contributed by atoms with Crippen LogP contribution in [0, 0.1) is 17.9 Å². The fraction of sp³-hybridized carbons (Fsp3) is 0.167. The van der Waals surface area contributed by atoms with Gasteiger partial charge in [0.15, 0.2) is 5.82 Å². The number of anilines is 1. The molecule has 106 valence electrons. The number of aryl methyl sites for hydroxylation is 1. The number of hydrogen-bond acceptors (Lipinski definition) is 5. The molecule has 20 heavy (non-hydrogen) atoms. The molecule has 8 heteroatoms. The van der Waals surface area contributed by atoms with E-state index in [-0.39, 0.29) is 5.84 Å². The number of nitrogen functional groups attached to an aromatic ring is 1. The van der Waals surface area contributed by atoms with Crippen molar-refractivity contribution >= 4 is 23.1 Å². The van der Waals surface area contributed by atoms with Crippen molar-refractivity contribution in [1.29, 1.82) is 10.9 Å². The van der Waals surface area contributed by atoms with Gasteiger partial charge in [-0.3, -0.25) is 5.41 Å². The molecule has 0 spiro atoms. The first kappa shape index (κ1) is 15.8. The number of nitrogens with zero attached hydrogens (tertiary/aromatic N) is 2. The van der Waals surface area contributed by atoms with Crippen LogP contribution < -0.4 is 11.5 Å². The van der Waals surface area contributed by atoms with E-state index in [4.69, 9.17) is 34.0 Å². The van der Waals surface area contributed by atoms with Crippen LogP contribution >= 0.6 is 11.6 Å². The van der Waals surface area contributed by atoms with Gasteiger partial charge in [0.1, 0.15) is 0 Å². The molecule has 0 saturated carbocycles. The average molecular weight is 294 g/mol. The maximum absolute atomic E-state index is 7.04. The number of halogens is 1. The minimum atomic E-state index is -0.145. The van der Waals surface area contributed by atoms with Crippen molar-refractivity contribution in [3.05, 3.63) is 46.5 Å². The summed E-state index contributed by atoms with van der Waals surface area (Å²) in [6.07, 6.45) is 1.59. The van der Waals surface area contributed by atoms with Gasteiger partial charge in [0.25, 0.3) is 0 Å². The summed E-state index contributed by atoms with van der Waals surface area (Å²) in [6.45, 7) is 2.30. The Morgan fingerprint density at radius 3 is 2.60 bits per heavy atom. The summed E-state index contributed by atoms with van der Waals surface area (Å²) < 4.78 is 0. The summed E-state index contributed by atoms with van der Waals surface area (Å²) in [6, 6.07) is 5.31. The third kappa shape index (κ3) is 4.79. The summed E-state index contributed by atoms with van der Waals surface area (Å²) in [5.74, 6) is 0.195. The highest BCUT2D eigenvalue weighted by Crippen LogP contribution is 2.15. The van der Waals surface area contributed by atoms with E-state index in [1.54, 1.807) is 18.3 Å². The second-order valence-electron chi connectivity index (χ2n) is 3.97. The van der Waals surface area contributed by atoms with Gasteiger partial charge in [-0.25, -0.2) is 10.5 Å². The molecule has 1 aromatic heterocycles. The quantitative estimate of drug-likeness (QED) is 0.251. The van der Waals surface area contributed by atoms with E-state index in [0.29, 0.717) is 23.1 Å². The van der Waals surface area contributed by atoms with Crippen molar-refractivity contribution in [1.82, 2.24) is 9.97 Å². The van der Waals surface area contributed by atoms with Crippen molar-refractivity contribution in [2.45, 2.75) is 13.5 Å². The number of hydrogen-bond donors (Lipinski definition) is 5. The monoisotopic (exact) mass is 293 g/mol. The molecule has 0 unspecified atom stereocenters. The summed E-state index contributed by atoms with van der Waals surface area (Å²) >= 11 is 5.69. The zero-order valence-electron chi connectivity index (χ0n) is 10.9. The fourth-order valence-corrected chi connectivity index (χ4v) is 1.65. The Morgan fingerprint density at radius 1 is 1.45 bits per heavy atom. The van der Waals surface area contributed by atoms with Crippen molar-refractivity contribution in [2.75, 3.05) is 5.73 Å². The summed E-state index contributed by atoms with van der Waals surface area (Å²) in [7, 11) is 0. The Labute approximate surface area is 121 Å². The number of rotatable bonds is 2. The van der Waals surface area contributed by atoms with E-state index in [2.05, 4.69) is 15.1 Å². The lowest BCUT2D eigenvalue weighted by Crippen LogP contribution is -1.97. The molecule has 1 aromatic carbocycles. The van der Waals surface area contributed by atoms with Crippen molar-refractivity contribution < 1.29 is 0 Å². The van der Waals surface area contributed by atoms with Gasteiger partial charge >= 0.3 is 0 Å². The molecule has 7 nitrogen and oxygen atoms in total. The van der Waals surface area contributed by atoms with Gasteiger partial charge in [-0.2, -0.15) is 0 Å². The lowest BCUT2D eigenvalue weighted by molar-refractivity contribution is 1.07. The van der Waals surface area contributed by atoms with Crippen molar-refractivity contribution in [2.24, 2.45) is 10.8 Å². The predicted octanol–water partition coefficient (Wildman–Crippen LogP) is 2.46. The van der Waals surface area contributed by atoms with Gasteiger partial charge < -0.3 is 16.5 Å². The molecule has 0 bridgehead atoms.